The molecule has 0 amide bonds. The van der Waals surface area contributed by atoms with Crippen LogP contribution >= 0.6 is 0 Å². The van der Waals surface area contributed by atoms with Crippen molar-refractivity contribution < 1.29 is 23.8 Å². The van der Waals surface area contributed by atoms with Crippen molar-refractivity contribution in [1.29, 1.82) is 5.26 Å². The van der Waals surface area contributed by atoms with Crippen molar-refractivity contribution in [3.63, 3.8) is 0 Å². The molecule has 0 spiro atoms. The summed E-state index contributed by atoms with van der Waals surface area (Å²) in [4.78, 5) is 30.8. The number of hydrogen-bond donors (Lipinski definition) is 2. The number of nitrogens with one attached hydrogen (secondary N) is 1. The molecular weight excluding hydrogens is 436 g/mol. The average molecular weight is 458 g/mol. The van der Waals surface area contributed by atoms with E-state index in [1.54, 1.807) is 54.7 Å². The summed E-state index contributed by atoms with van der Waals surface area (Å²) >= 11 is 0. The Hall–Kier alpha value is -4.71. The average Bonchev–Trinajstić information content (AvgIpc) is 3.35. The highest BCUT2D eigenvalue weighted by Gasteiger charge is 2.43. The van der Waals surface area contributed by atoms with Crippen LogP contribution in [0.3, 0.4) is 0 Å². The monoisotopic (exact) mass is 458 g/mol. The summed E-state index contributed by atoms with van der Waals surface area (Å²) in [5.74, 6) is -2.07. The van der Waals surface area contributed by atoms with Gasteiger partial charge in [0.05, 0.1) is 55.7 Å². The molecule has 9 heteroatoms. The first-order chi connectivity index (χ1) is 16.5. The number of carbonyl (C=O) groups excluding carboxylic acids is 2. The van der Waals surface area contributed by atoms with Gasteiger partial charge in [0.1, 0.15) is 17.3 Å². The lowest BCUT2D eigenvalue weighted by atomic mass is 9.81. The van der Waals surface area contributed by atoms with Gasteiger partial charge < -0.3 is 24.9 Å². The van der Waals surface area contributed by atoms with Gasteiger partial charge in [-0.25, -0.2) is 9.59 Å². The number of rotatable bonds is 5. The number of allylic oxidation sites excluding steroid dienone is 1. The zero-order chi connectivity index (χ0) is 24.4. The molecule has 3 N–H and O–H groups in total. The predicted octanol–water partition coefficient (Wildman–Crippen LogP) is 3.07. The number of carbonyl (C=O) groups is 2. The minimum absolute atomic E-state index is 0.0137. The number of H-pyrrole nitrogens is 1. The van der Waals surface area contributed by atoms with E-state index in [0.717, 1.165) is 0 Å². The van der Waals surface area contributed by atoms with Crippen LogP contribution in [0.15, 0.2) is 77.4 Å². The molecule has 3 aromatic rings. The highest BCUT2D eigenvalue weighted by atomic mass is 16.5. The largest absolute Gasteiger partial charge is 0.497 e. The topological polar surface area (TPSA) is 131 Å². The molecule has 1 atom stereocenters. The number of aromatic amines is 1. The number of esters is 2. The van der Waals surface area contributed by atoms with Gasteiger partial charge in [0.2, 0.25) is 0 Å². The third-order valence-corrected chi connectivity index (χ3v) is 5.71. The molecule has 0 bridgehead atoms. The summed E-state index contributed by atoms with van der Waals surface area (Å²) in [6.07, 6.45) is 1.72. The number of nitrogens with zero attached hydrogens (tertiary/aromatic N) is 2. The fourth-order valence-corrected chi connectivity index (χ4v) is 4.19. The van der Waals surface area contributed by atoms with Gasteiger partial charge in [-0.15, -0.1) is 0 Å². The quantitative estimate of drug-likeness (QED) is 0.558. The van der Waals surface area contributed by atoms with Gasteiger partial charge in [-0.1, -0.05) is 30.3 Å². The number of nitrogens with two attached hydrogens (primary N) is 1. The highest BCUT2D eigenvalue weighted by Crippen LogP contribution is 2.45. The number of hydrogen-bond acceptors (Lipinski definition) is 8. The first-order valence-corrected chi connectivity index (χ1v) is 10.3. The van der Waals surface area contributed by atoms with Crippen LogP contribution in [-0.4, -0.2) is 38.3 Å². The molecule has 1 unspecified atom stereocenters. The van der Waals surface area contributed by atoms with Crippen LogP contribution in [0.1, 0.15) is 11.5 Å². The molecule has 2 aromatic carbocycles. The summed E-state index contributed by atoms with van der Waals surface area (Å²) in [6, 6.07) is 16.2. The number of benzene rings is 2. The zero-order valence-electron chi connectivity index (χ0n) is 18.8. The molecular formula is C25H22N4O5. The van der Waals surface area contributed by atoms with Crippen molar-refractivity contribution in [2.75, 3.05) is 26.2 Å². The van der Waals surface area contributed by atoms with Crippen LogP contribution in [0.2, 0.25) is 0 Å². The second-order valence-corrected chi connectivity index (χ2v) is 7.42. The van der Waals surface area contributed by atoms with Gasteiger partial charge in [-0.05, 0) is 11.6 Å². The zero-order valence-corrected chi connectivity index (χ0v) is 18.8. The van der Waals surface area contributed by atoms with Crippen molar-refractivity contribution in [1.82, 2.24) is 4.98 Å². The van der Waals surface area contributed by atoms with E-state index in [4.69, 9.17) is 19.9 Å². The molecule has 0 radical (unpaired) electrons. The lowest BCUT2D eigenvalue weighted by molar-refractivity contribution is -0.139. The Morgan fingerprint density at radius 1 is 1.06 bits per heavy atom. The van der Waals surface area contributed by atoms with E-state index in [0.29, 0.717) is 27.9 Å². The van der Waals surface area contributed by atoms with Crippen molar-refractivity contribution >= 4 is 28.5 Å². The highest BCUT2D eigenvalue weighted by molar-refractivity contribution is 6.08. The predicted molar refractivity (Wildman–Crippen MR) is 124 cm³/mol. The summed E-state index contributed by atoms with van der Waals surface area (Å²) in [6.45, 7) is 0. The number of anilines is 1. The molecule has 34 heavy (non-hydrogen) atoms. The maximum absolute atomic E-state index is 13.2. The van der Waals surface area contributed by atoms with Crippen molar-refractivity contribution in [2.45, 2.75) is 5.92 Å². The molecule has 9 nitrogen and oxygen atoms in total. The summed E-state index contributed by atoms with van der Waals surface area (Å²) in [5.41, 5.74) is 8.18. The summed E-state index contributed by atoms with van der Waals surface area (Å²) < 4.78 is 15.6. The van der Waals surface area contributed by atoms with Gasteiger partial charge in [0.25, 0.3) is 0 Å². The molecule has 2 heterocycles. The normalized spacial score (nSPS) is 15.8. The van der Waals surface area contributed by atoms with Crippen LogP contribution in [0.5, 0.6) is 5.75 Å². The Kier molecular flexibility index (Phi) is 5.97. The number of methoxy groups -OCH3 is 3. The first kappa shape index (κ1) is 22.5. The molecule has 1 aromatic heterocycles. The van der Waals surface area contributed by atoms with E-state index in [9.17, 15) is 14.9 Å². The number of ether oxygens (including phenoxy) is 3. The minimum Gasteiger partial charge on any atom is -0.497 e. The van der Waals surface area contributed by atoms with Crippen LogP contribution < -0.4 is 15.4 Å². The van der Waals surface area contributed by atoms with E-state index in [1.807, 2.05) is 0 Å². The number of fused-ring (bicyclic) bond motifs is 1. The van der Waals surface area contributed by atoms with Crippen molar-refractivity contribution in [3.8, 4) is 11.8 Å². The molecule has 0 fully saturated rings. The maximum Gasteiger partial charge on any atom is 0.355 e. The van der Waals surface area contributed by atoms with Gasteiger partial charge in [0.15, 0.2) is 0 Å². The molecule has 0 aliphatic carbocycles. The molecule has 1 aliphatic heterocycles. The fourth-order valence-electron chi connectivity index (χ4n) is 4.19. The van der Waals surface area contributed by atoms with Gasteiger partial charge >= 0.3 is 11.9 Å². The molecule has 1 aliphatic rings. The Morgan fingerprint density at radius 3 is 2.38 bits per heavy atom. The second kappa shape index (κ2) is 9.03. The van der Waals surface area contributed by atoms with E-state index < -0.39 is 17.9 Å². The second-order valence-electron chi connectivity index (χ2n) is 7.42. The van der Waals surface area contributed by atoms with Crippen LogP contribution in [0.4, 0.5) is 5.69 Å². The van der Waals surface area contributed by atoms with E-state index in [-0.39, 0.29) is 22.7 Å². The minimum atomic E-state index is -0.934. The SMILES string of the molecule is COC(=O)C1=C(C(=O)OC)N(c2cc(OC)cc3[nH]ccc23)C(N)=C(C#N)C1c1ccccc1. The fraction of sp³-hybridized carbons (Fsp3) is 0.160. The third kappa shape index (κ3) is 3.51. The standard InChI is InChI=1S/C25H22N4O5/c1-32-15-11-18-16(9-10-28-18)19(12-15)29-22(25(31)34-3)21(24(30)33-2)20(17(13-26)23(29)27)14-7-5-4-6-8-14/h4-12,20,28H,27H2,1-3H3. The Balaban J connectivity index is 2.13. The number of aromatic nitrogens is 1. The van der Waals surface area contributed by atoms with Crippen LogP contribution in [-0.2, 0) is 19.1 Å². The van der Waals surface area contributed by atoms with E-state index in [1.165, 1.54) is 26.2 Å². The van der Waals surface area contributed by atoms with Gasteiger partial charge in [-0.2, -0.15) is 5.26 Å². The third-order valence-electron chi connectivity index (χ3n) is 5.71. The molecule has 0 saturated carbocycles. The molecule has 0 saturated heterocycles. The lowest BCUT2D eigenvalue weighted by Crippen LogP contribution is -2.40. The van der Waals surface area contributed by atoms with Crippen molar-refractivity contribution in [3.05, 3.63) is 83.0 Å². The first-order valence-electron chi connectivity index (χ1n) is 10.3. The van der Waals surface area contributed by atoms with Gasteiger partial charge in [-0.3, -0.25) is 4.90 Å². The van der Waals surface area contributed by atoms with Gasteiger partial charge in [0, 0.05) is 23.7 Å². The maximum atomic E-state index is 13.2. The summed E-state index contributed by atoms with van der Waals surface area (Å²) in [5, 5.41) is 10.8. The lowest BCUT2D eigenvalue weighted by Gasteiger charge is -2.36. The van der Waals surface area contributed by atoms with Crippen molar-refractivity contribution in [2.24, 2.45) is 5.73 Å². The molecule has 4 rings (SSSR count). The van der Waals surface area contributed by atoms with E-state index in [2.05, 4.69) is 11.1 Å². The molecule has 172 valence electrons. The van der Waals surface area contributed by atoms with Crippen LogP contribution in [0, 0.1) is 11.3 Å². The van der Waals surface area contributed by atoms with Crippen LogP contribution in [0.25, 0.3) is 10.9 Å². The summed E-state index contributed by atoms with van der Waals surface area (Å²) in [7, 11) is 3.92. The smallest absolute Gasteiger partial charge is 0.355 e. The Labute approximate surface area is 195 Å². The Morgan fingerprint density at radius 2 is 1.76 bits per heavy atom. The number of nitriles is 1. The van der Waals surface area contributed by atoms with E-state index >= 15 is 0 Å². The Bertz CT molecular complexity index is 1380.